The molecule has 1 saturated carbocycles. The van der Waals surface area contributed by atoms with Crippen LogP contribution in [0.4, 0.5) is 5.95 Å². The maximum atomic E-state index is 4.70. The molecule has 0 unspecified atom stereocenters. The molecule has 1 N–H and O–H groups in total. The first-order valence-corrected chi connectivity index (χ1v) is 8.84. The molecule has 0 amide bonds. The second-order valence-corrected chi connectivity index (χ2v) is 6.73. The fraction of sp³-hybridized carbons (Fsp3) is 0.824. The molecule has 21 heavy (non-hydrogen) atoms. The first-order chi connectivity index (χ1) is 10.3. The third-order valence-electron chi connectivity index (χ3n) is 4.98. The van der Waals surface area contributed by atoms with E-state index in [1.807, 2.05) is 0 Å². The topological polar surface area (TPSA) is 33.1 Å². The van der Waals surface area contributed by atoms with Gasteiger partial charge in [0.15, 0.2) is 0 Å². The predicted molar refractivity (Wildman–Crippen MR) is 87.9 cm³/mol. The Balaban J connectivity index is 1.54. The van der Waals surface area contributed by atoms with Crippen LogP contribution in [0.1, 0.15) is 63.1 Å². The van der Waals surface area contributed by atoms with Gasteiger partial charge in [-0.3, -0.25) is 0 Å². The van der Waals surface area contributed by atoms with Gasteiger partial charge in [0.1, 0.15) is 0 Å². The van der Waals surface area contributed by atoms with Crippen LogP contribution < -0.4 is 5.32 Å². The van der Waals surface area contributed by atoms with Crippen LogP contribution in [-0.4, -0.2) is 40.6 Å². The van der Waals surface area contributed by atoms with Crippen molar-refractivity contribution in [2.75, 3.05) is 31.5 Å². The van der Waals surface area contributed by atoms with E-state index in [1.165, 1.54) is 64.5 Å². The van der Waals surface area contributed by atoms with Crippen molar-refractivity contribution in [1.29, 1.82) is 0 Å². The summed E-state index contributed by atoms with van der Waals surface area (Å²) in [4.78, 5) is 7.28. The molecule has 2 heterocycles. The SMILES string of the molecule is Cc1cn(C2CCCCC2)c(NCCN2CCCCC2)n1. The Labute approximate surface area is 128 Å². The van der Waals surface area contributed by atoms with Crippen molar-refractivity contribution >= 4 is 5.95 Å². The standard InChI is InChI=1S/C17H30N4/c1-15-14-21(16-8-4-2-5-9-16)17(19-15)18-10-13-20-11-6-3-7-12-20/h14,16H,2-13H2,1H3,(H,18,19). The fourth-order valence-electron chi connectivity index (χ4n) is 3.79. The highest BCUT2D eigenvalue weighted by Crippen LogP contribution is 2.30. The molecule has 0 aromatic carbocycles. The zero-order chi connectivity index (χ0) is 14.5. The third-order valence-corrected chi connectivity index (χ3v) is 4.98. The van der Waals surface area contributed by atoms with Crippen molar-refractivity contribution in [2.45, 2.75) is 64.3 Å². The Bertz CT molecular complexity index is 428. The Kier molecular flexibility index (Phi) is 5.17. The average molecular weight is 290 g/mol. The number of rotatable bonds is 5. The molecule has 0 spiro atoms. The van der Waals surface area contributed by atoms with Crippen molar-refractivity contribution in [3.8, 4) is 0 Å². The van der Waals surface area contributed by atoms with Crippen molar-refractivity contribution in [3.63, 3.8) is 0 Å². The second kappa shape index (κ2) is 7.30. The zero-order valence-corrected chi connectivity index (χ0v) is 13.5. The first kappa shape index (κ1) is 14.9. The van der Waals surface area contributed by atoms with Gasteiger partial charge in [-0.1, -0.05) is 25.7 Å². The van der Waals surface area contributed by atoms with Crippen molar-refractivity contribution in [1.82, 2.24) is 14.5 Å². The summed E-state index contributed by atoms with van der Waals surface area (Å²) in [5.41, 5.74) is 1.14. The van der Waals surface area contributed by atoms with Gasteiger partial charge < -0.3 is 14.8 Å². The normalized spacial score (nSPS) is 21.6. The van der Waals surface area contributed by atoms with Crippen LogP contribution in [0.5, 0.6) is 0 Å². The zero-order valence-electron chi connectivity index (χ0n) is 13.5. The molecule has 2 fully saturated rings. The lowest BCUT2D eigenvalue weighted by molar-refractivity contribution is 0.237. The van der Waals surface area contributed by atoms with Gasteiger partial charge in [-0.25, -0.2) is 4.98 Å². The van der Waals surface area contributed by atoms with Gasteiger partial charge in [0, 0.05) is 25.3 Å². The van der Waals surface area contributed by atoms with Crippen LogP contribution in [0.25, 0.3) is 0 Å². The fourth-order valence-corrected chi connectivity index (χ4v) is 3.79. The molecule has 1 aromatic rings. The van der Waals surface area contributed by atoms with Gasteiger partial charge in [0.05, 0.1) is 5.69 Å². The summed E-state index contributed by atoms with van der Waals surface area (Å²) in [6.45, 7) is 6.82. The van der Waals surface area contributed by atoms with Gasteiger partial charge in [0.2, 0.25) is 5.95 Å². The summed E-state index contributed by atoms with van der Waals surface area (Å²) >= 11 is 0. The summed E-state index contributed by atoms with van der Waals surface area (Å²) in [7, 11) is 0. The second-order valence-electron chi connectivity index (χ2n) is 6.73. The maximum Gasteiger partial charge on any atom is 0.203 e. The van der Waals surface area contributed by atoms with Gasteiger partial charge >= 0.3 is 0 Å². The molecule has 1 aliphatic heterocycles. The molecule has 1 aromatic heterocycles. The molecule has 2 aliphatic rings. The van der Waals surface area contributed by atoms with E-state index < -0.39 is 0 Å². The number of imidazole rings is 1. The number of nitrogens with zero attached hydrogens (tertiary/aromatic N) is 3. The highest BCUT2D eigenvalue weighted by molar-refractivity contribution is 5.29. The lowest BCUT2D eigenvalue weighted by atomic mass is 9.95. The lowest BCUT2D eigenvalue weighted by Crippen LogP contribution is -2.34. The minimum absolute atomic E-state index is 0.664. The van der Waals surface area contributed by atoms with Crippen LogP contribution in [-0.2, 0) is 0 Å². The highest BCUT2D eigenvalue weighted by atomic mass is 15.2. The highest BCUT2D eigenvalue weighted by Gasteiger charge is 2.19. The minimum atomic E-state index is 0.664. The Hall–Kier alpha value is -1.03. The monoisotopic (exact) mass is 290 g/mol. The maximum absolute atomic E-state index is 4.70. The first-order valence-electron chi connectivity index (χ1n) is 8.84. The predicted octanol–water partition coefficient (Wildman–Crippen LogP) is 3.59. The number of piperidine rings is 1. The summed E-state index contributed by atoms with van der Waals surface area (Å²) < 4.78 is 2.41. The number of hydrogen-bond donors (Lipinski definition) is 1. The number of aryl methyl sites for hydroxylation is 1. The molecule has 4 heteroatoms. The van der Waals surface area contributed by atoms with Crippen molar-refractivity contribution < 1.29 is 0 Å². The largest absolute Gasteiger partial charge is 0.354 e. The quantitative estimate of drug-likeness (QED) is 0.899. The average Bonchev–Trinajstić information content (AvgIpc) is 2.90. The molecule has 1 saturated heterocycles. The Morgan fingerprint density at radius 1 is 1.10 bits per heavy atom. The Morgan fingerprint density at radius 2 is 1.81 bits per heavy atom. The molecule has 118 valence electrons. The number of likely N-dealkylation sites (tertiary alicyclic amines) is 1. The summed E-state index contributed by atoms with van der Waals surface area (Å²) in [5, 5.41) is 3.59. The summed E-state index contributed by atoms with van der Waals surface area (Å²) in [6.07, 6.45) is 13.2. The van der Waals surface area contributed by atoms with E-state index in [9.17, 15) is 0 Å². The van der Waals surface area contributed by atoms with E-state index in [4.69, 9.17) is 4.98 Å². The molecular formula is C17H30N4. The molecule has 0 radical (unpaired) electrons. The van der Waals surface area contributed by atoms with E-state index >= 15 is 0 Å². The van der Waals surface area contributed by atoms with Gasteiger partial charge in [0.25, 0.3) is 0 Å². The van der Waals surface area contributed by atoms with Crippen molar-refractivity contribution in [2.24, 2.45) is 0 Å². The van der Waals surface area contributed by atoms with E-state index in [0.29, 0.717) is 6.04 Å². The van der Waals surface area contributed by atoms with Gasteiger partial charge in [-0.2, -0.15) is 0 Å². The number of anilines is 1. The van der Waals surface area contributed by atoms with Crippen LogP contribution in [0.2, 0.25) is 0 Å². The van der Waals surface area contributed by atoms with Crippen molar-refractivity contribution in [3.05, 3.63) is 11.9 Å². The van der Waals surface area contributed by atoms with Crippen LogP contribution in [0.15, 0.2) is 6.20 Å². The Morgan fingerprint density at radius 3 is 2.57 bits per heavy atom. The number of aromatic nitrogens is 2. The molecule has 4 nitrogen and oxygen atoms in total. The molecule has 0 bridgehead atoms. The summed E-state index contributed by atoms with van der Waals surface area (Å²) in [6, 6.07) is 0.664. The van der Waals surface area contributed by atoms with E-state index in [1.54, 1.807) is 0 Å². The third kappa shape index (κ3) is 4.00. The smallest absolute Gasteiger partial charge is 0.203 e. The van der Waals surface area contributed by atoms with Gasteiger partial charge in [-0.05, 0) is 45.7 Å². The molecular weight excluding hydrogens is 260 g/mol. The number of hydrogen-bond acceptors (Lipinski definition) is 3. The van der Waals surface area contributed by atoms with E-state index in [2.05, 4.69) is 27.9 Å². The van der Waals surface area contributed by atoms with Crippen LogP contribution >= 0.6 is 0 Å². The molecule has 0 atom stereocenters. The minimum Gasteiger partial charge on any atom is -0.354 e. The van der Waals surface area contributed by atoms with E-state index in [0.717, 1.165) is 24.7 Å². The lowest BCUT2D eigenvalue weighted by Gasteiger charge is -2.27. The van der Waals surface area contributed by atoms with Gasteiger partial charge in [-0.15, -0.1) is 0 Å². The summed E-state index contributed by atoms with van der Waals surface area (Å²) in [5.74, 6) is 1.09. The van der Waals surface area contributed by atoms with E-state index in [-0.39, 0.29) is 0 Å². The number of nitrogens with one attached hydrogen (secondary N) is 1. The molecule has 3 rings (SSSR count). The van der Waals surface area contributed by atoms with Crippen LogP contribution in [0, 0.1) is 6.92 Å². The van der Waals surface area contributed by atoms with Crippen LogP contribution in [0.3, 0.4) is 0 Å². The molecule has 1 aliphatic carbocycles.